The van der Waals surface area contributed by atoms with Crippen molar-refractivity contribution in [2.45, 2.75) is 6.92 Å². The smallest absolute Gasteiger partial charge is 0.161 e. The van der Waals surface area contributed by atoms with Gasteiger partial charge in [0, 0.05) is 10.2 Å². The molecular formula is C10H11BrN2S. The molecule has 4 heteroatoms. The molecule has 1 aliphatic heterocycles. The summed E-state index contributed by atoms with van der Waals surface area (Å²) in [6.45, 7) is 3.01. The normalized spacial score (nSPS) is 15.4. The summed E-state index contributed by atoms with van der Waals surface area (Å²) >= 11 is 5.28. The largest absolute Gasteiger partial charge is 0.334 e. The average Bonchev–Trinajstić information content (AvgIpc) is 2.64. The van der Waals surface area contributed by atoms with E-state index in [1.165, 1.54) is 5.56 Å². The maximum absolute atomic E-state index is 4.35. The number of benzene rings is 1. The van der Waals surface area contributed by atoms with Crippen molar-refractivity contribution in [2.24, 2.45) is 4.99 Å². The van der Waals surface area contributed by atoms with Crippen molar-refractivity contribution in [2.75, 3.05) is 17.6 Å². The molecule has 0 saturated heterocycles. The van der Waals surface area contributed by atoms with Gasteiger partial charge in [-0.2, -0.15) is 0 Å². The highest BCUT2D eigenvalue weighted by atomic mass is 79.9. The van der Waals surface area contributed by atoms with Gasteiger partial charge in [0.2, 0.25) is 0 Å². The zero-order valence-electron chi connectivity index (χ0n) is 7.88. The molecule has 2 rings (SSSR count). The fraction of sp³-hybridized carbons (Fsp3) is 0.300. The van der Waals surface area contributed by atoms with Gasteiger partial charge in [0.1, 0.15) is 0 Å². The Morgan fingerprint density at radius 2 is 2.36 bits per heavy atom. The van der Waals surface area contributed by atoms with Crippen LogP contribution in [0.3, 0.4) is 0 Å². The van der Waals surface area contributed by atoms with Crippen molar-refractivity contribution in [3.05, 3.63) is 28.2 Å². The fourth-order valence-electron chi connectivity index (χ4n) is 1.26. The van der Waals surface area contributed by atoms with Crippen molar-refractivity contribution in [1.82, 2.24) is 0 Å². The lowest BCUT2D eigenvalue weighted by Gasteiger charge is -2.08. The van der Waals surface area contributed by atoms with Crippen molar-refractivity contribution < 1.29 is 0 Å². The van der Waals surface area contributed by atoms with Crippen LogP contribution in [-0.4, -0.2) is 17.5 Å². The van der Waals surface area contributed by atoms with Crippen LogP contribution in [0.15, 0.2) is 27.7 Å². The minimum absolute atomic E-state index is 0.927. The van der Waals surface area contributed by atoms with Crippen LogP contribution >= 0.6 is 27.7 Å². The number of halogens is 1. The van der Waals surface area contributed by atoms with Crippen molar-refractivity contribution in [1.29, 1.82) is 0 Å². The van der Waals surface area contributed by atoms with Crippen LogP contribution in [0.25, 0.3) is 0 Å². The molecule has 0 saturated carbocycles. The third-order valence-corrected chi connectivity index (χ3v) is 3.53. The van der Waals surface area contributed by atoms with Gasteiger partial charge in [0.15, 0.2) is 5.17 Å². The molecule has 1 N–H and O–H groups in total. The average molecular weight is 271 g/mol. The monoisotopic (exact) mass is 270 g/mol. The van der Waals surface area contributed by atoms with E-state index < -0.39 is 0 Å². The van der Waals surface area contributed by atoms with Crippen molar-refractivity contribution >= 4 is 38.5 Å². The van der Waals surface area contributed by atoms with E-state index in [4.69, 9.17) is 0 Å². The number of aryl methyl sites for hydroxylation is 1. The summed E-state index contributed by atoms with van der Waals surface area (Å²) in [5.41, 5.74) is 2.34. The Labute approximate surface area is 96.3 Å². The molecule has 0 aliphatic carbocycles. The maximum Gasteiger partial charge on any atom is 0.161 e. The molecule has 0 bridgehead atoms. The topological polar surface area (TPSA) is 24.4 Å². The molecule has 0 unspecified atom stereocenters. The molecular weight excluding hydrogens is 260 g/mol. The summed E-state index contributed by atoms with van der Waals surface area (Å²) in [6, 6.07) is 6.25. The third kappa shape index (κ3) is 2.30. The maximum atomic E-state index is 4.35. The van der Waals surface area contributed by atoms with Gasteiger partial charge in [-0.05, 0) is 40.5 Å². The second-order valence-electron chi connectivity index (χ2n) is 3.14. The summed E-state index contributed by atoms with van der Waals surface area (Å²) in [5, 5.41) is 4.34. The Morgan fingerprint density at radius 3 is 3.07 bits per heavy atom. The summed E-state index contributed by atoms with van der Waals surface area (Å²) in [5.74, 6) is 1.09. The predicted molar refractivity (Wildman–Crippen MR) is 67.3 cm³/mol. The van der Waals surface area contributed by atoms with E-state index in [1.54, 1.807) is 11.8 Å². The highest BCUT2D eigenvalue weighted by molar-refractivity contribution is 9.10. The number of hydrogen-bond donors (Lipinski definition) is 1. The molecule has 1 aromatic rings. The molecule has 2 nitrogen and oxygen atoms in total. The molecule has 0 aromatic heterocycles. The first-order valence-electron chi connectivity index (χ1n) is 4.46. The Morgan fingerprint density at radius 1 is 1.50 bits per heavy atom. The molecule has 0 amide bonds. The number of nitrogens with zero attached hydrogens (tertiary/aromatic N) is 1. The molecule has 1 aliphatic rings. The molecule has 14 heavy (non-hydrogen) atoms. The molecule has 0 fully saturated rings. The number of rotatable bonds is 1. The van der Waals surface area contributed by atoms with Gasteiger partial charge < -0.3 is 5.32 Å². The number of anilines is 1. The molecule has 0 spiro atoms. The van der Waals surface area contributed by atoms with Gasteiger partial charge >= 0.3 is 0 Å². The first kappa shape index (κ1) is 10.1. The number of amidine groups is 1. The second kappa shape index (κ2) is 4.36. The predicted octanol–water partition coefficient (Wildman–Crippen LogP) is 3.27. The number of thioether (sulfide) groups is 1. The van der Waals surface area contributed by atoms with E-state index in [9.17, 15) is 0 Å². The lowest BCUT2D eigenvalue weighted by Crippen LogP contribution is -2.05. The summed E-state index contributed by atoms with van der Waals surface area (Å²) in [7, 11) is 0. The molecule has 0 atom stereocenters. The highest BCUT2D eigenvalue weighted by Crippen LogP contribution is 2.25. The summed E-state index contributed by atoms with van der Waals surface area (Å²) in [6.07, 6.45) is 0. The molecule has 0 radical (unpaired) electrons. The lowest BCUT2D eigenvalue weighted by atomic mass is 10.2. The van der Waals surface area contributed by atoms with Gasteiger partial charge in [0.25, 0.3) is 0 Å². The molecule has 74 valence electrons. The van der Waals surface area contributed by atoms with Gasteiger partial charge in [-0.25, -0.2) is 0 Å². The molecule has 1 heterocycles. The van der Waals surface area contributed by atoms with Crippen LogP contribution in [0.1, 0.15) is 5.56 Å². The standard InChI is InChI=1S/C10H11BrN2S/c1-7-2-3-8(11)9(6-7)13-10-12-4-5-14-10/h2-3,6H,4-5H2,1H3,(H,12,13). The van der Waals surface area contributed by atoms with E-state index in [0.29, 0.717) is 0 Å². The van der Waals surface area contributed by atoms with Gasteiger partial charge in [-0.3, -0.25) is 4.99 Å². The first-order chi connectivity index (χ1) is 6.75. The number of hydrogen-bond acceptors (Lipinski definition) is 3. The fourth-order valence-corrected chi connectivity index (χ4v) is 2.35. The third-order valence-electron chi connectivity index (χ3n) is 1.95. The van der Waals surface area contributed by atoms with Gasteiger partial charge in [0.05, 0.1) is 12.2 Å². The Balaban J connectivity index is 2.19. The zero-order chi connectivity index (χ0) is 9.97. The van der Waals surface area contributed by atoms with Crippen LogP contribution < -0.4 is 5.32 Å². The van der Waals surface area contributed by atoms with Crippen LogP contribution in [0.4, 0.5) is 5.69 Å². The van der Waals surface area contributed by atoms with E-state index in [-0.39, 0.29) is 0 Å². The van der Waals surface area contributed by atoms with Crippen LogP contribution in [0.2, 0.25) is 0 Å². The van der Waals surface area contributed by atoms with Gasteiger partial charge in [-0.15, -0.1) is 0 Å². The molecule has 1 aromatic carbocycles. The summed E-state index contributed by atoms with van der Waals surface area (Å²) < 4.78 is 1.08. The van der Waals surface area contributed by atoms with E-state index in [1.807, 2.05) is 0 Å². The van der Waals surface area contributed by atoms with Crippen LogP contribution in [0, 0.1) is 6.92 Å². The van der Waals surface area contributed by atoms with Crippen LogP contribution in [-0.2, 0) is 0 Å². The lowest BCUT2D eigenvalue weighted by molar-refractivity contribution is 1.17. The number of nitrogens with one attached hydrogen (secondary N) is 1. The highest BCUT2D eigenvalue weighted by Gasteiger charge is 2.08. The zero-order valence-corrected chi connectivity index (χ0v) is 10.3. The Bertz CT molecular complexity index is 376. The first-order valence-corrected chi connectivity index (χ1v) is 6.24. The Kier molecular flexibility index (Phi) is 3.13. The minimum Gasteiger partial charge on any atom is -0.334 e. The number of aliphatic imine (C=N–C) groups is 1. The Hall–Kier alpha value is -0.480. The summed E-state index contributed by atoms with van der Waals surface area (Å²) in [4.78, 5) is 4.35. The quantitative estimate of drug-likeness (QED) is 0.847. The van der Waals surface area contributed by atoms with E-state index in [2.05, 4.69) is 51.4 Å². The van der Waals surface area contributed by atoms with Gasteiger partial charge in [-0.1, -0.05) is 17.8 Å². The van der Waals surface area contributed by atoms with E-state index in [0.717, 1.165) is 27.6 Å². The second-order valence-corrected chi connectivity index (χ2v) is 5.08. The SMILES string of the molecule is Cc1ccc(Br)c(NC2=NCCS2)c1. The van der Waals surface area contributed by atoms with E-state index >= 15 is 0 Å². The van der Waals surface area contributed by atoms with Crippen molar-refractivity contribution in [3.8, 4) is 0 Å². The van der Waals surface area contributed by atoms with Crippen LogP contribution in [0.5, 0.6) is 0 Å². The minimum atomic E-state index is 0.927. The van der Waals surface area contributed by atoms with Crippen molar-refractivity contribution in [3.63, 3.8) is 0 Å².